The molecule has 0 amide bonds. The number of fused-ring (bicyclic) bond motifs is 2. The van der Waals surface area contributed by atoms with Gasteiger partial charge in [-0.05, 0) is 61.3 Å². The Morgan fingerprint density at radius 3 is 2.72 bits per heavy atom. The molecule has 1 N–H and O–H groups in total. The number of hydrogen-bond acceptors (Lipinski definition) is 2. The lowest BCUT2D eigenvalue weighted by atomic mass is 10.0. The Kier molecular flexibility index (Phi) is 3.56. The second-order valence-electron chi connectivity index (χ2n) is 6.89. The summed E-state index contributed by atoms with van der Waals surface area (Å²) < 4.78 is 2.40. The molecular formula is C21H22N4. The molecule has 4 heteroatoms. The van der Waals surface area contributed by atoms with Crippen LogP contribution in [0.3, 0.4) is 0 Å². The van der Waals surface area contributed by atoms with Gasteiger partial charge in [-0.3, -0.25) is 0 Å². The minimum atomic E-state index is 0.947. The summed E-state index contributed by atoms with van der Waals surface area (Å²) in [5, 5.41) is 2.50. The fourth-order valence-corrected chi connectivity index (χ4v) is 4.10. The van der Waals surface area contributed by atoms with Gasteiger partial charge in [-0.15, -0.1) is 0 Å². The van der Waals surface area contributed by atoms with Gasteiger partial charge in [0.2, 0.25) is 0 Å². The van der Waals surface area contributed by atoms with Gasteiger partial charge < -0.3 is 14.5 Å². The first kappa shape index (κ1) is 14.7. The summed E-state index contributed by atoms with van der Waals surface area (Å²) in [6.07, 6.45) is 8.79. The van der Waals surface area contributed by atoms with Crippen molar-refractivity contribution < 1.29 is 0 Å². The Bertz CT molecular complexity index is 1020. The number of nitrogens with one attached hydrogen (secondary N) is 1. The van der Waals surface area contributed by atoms with Crippen molar-refractivity contribution in [3.63, 3.8) is 0 Å². The third-order valence-corrected chi connectivity index (χ3v) is 5.42. The van der Waals surface area contributed by atoms with Gasteiger partial charge in [-0.2, -0.15) is 0 Å². The maximum atomic E-state index is 4.42. The highest BCUT2D eigenvalue weighted by molar-refractivity contribution is 6.03. The molecule has 25 heavy (non-hydrogen) atoms. The van der Waals surface area contributed by atoms with E-state index in [9.17, 15) is 0 Å². The second-order valence-corrected chi connectivity index (χ2v) is 6.89. The molecule has 3 aromatic heterocycles. The molecule has 0 radical (unpaired) electrons. The van der Waals surface area contributed by atoms with E-state index in [2.05, 4.69) is 62.0 Å². The van der Waals surface area contributed by atoms with Crippen LogP contribution in [-0.4, -0.2) is 39.1 Å². The Hall–Kier alpha value is -2.59. The molecule has 5 rings (SSSR count). The quantitative estimate of drug-likeness (QED) is 0.606. The monoisotopic (exact) mass is 330 g/mol. The number of benzene rings is 1. The molecule has 1 aromatic carbocycles. The average molecular weight is 330 g/mol. The number of nitrogens with zero attached hydrogens (tertiary/aromatic N) is 3. The molecule has 1 fully saturated rings. The predicted molar refractivity (Wildman–Crippen MR) is 103 cm³/mol. The van der Waals surface area contributed by atoms with Crippen molar-refractivity contribution in [1.29, 1.82) is 0 Å². The molecule has 4 nitrogen and oxygen atoms in total. The van der Waals surface area contributed by atoms with Crippen LogP contribution in [0.2, 0.25) is 0 Å². The lowest BCUT2D eigenvalue weighted by molar-refractivity contribution is 0.324. The SMILES string of the molecule is c1cc(-c2ccnc3[nH]ccc23)c2ccn(CCN3CCCC3)c2c1. The van der Waals surface area contributed by atoms with Gasteiger partial charge >= 0.3 is 0 Å². The number of aromatic amines is 1. The standard InChI is InChI=1S/C21H22N4/c1-2-12-24(11-1)14-15-25-13-8-18-16(4-3-5-20(18)25)17-6-9-22-21-19(17)7-10-23-21/h3-10,13H,1-2,11-12,14-15H2,(H,22,23). The van der Waals surface area contributed by atoms with Crippen LogP contribution < -0.4 is 0 Å². The Balaban J connectivity index is 1.55. The van der Waals surface area contributed by atoms with Gasteiger partial charge in [-0.1, -0.05) is 12.1 Å². The summed E-state index contributed by atoms with van der Waals surface area (Å²) in [4.78, 5) is 10.2. The van der Waals surface area contributed by atoms with E-state index in [0.29, 0.717) is 0 Å². The molecule has 1 saturated heterocycles. The van der Waals surface area contributed by atoms with Crippen LogP contribution in [0.25, 0.3) is 33.1 Å². The minimum Gasteiger partial charge on any atom is -0.346 e. The topological polar surface area (TPSA) is 36.9 Å². The first-order valence-electron chi connectivity index (χ1n) is 9.13. The zero-order valence-electron chi connectivity index (χ0n) is 14.3. The summed E-state index contributed by atoms with van der Waals surface area (Å²) in [7, 11) is 0. The Labute approximate surface area is 147 Å². The van der Waals surface area contributed by atoms with E-state index in [1.54, 1.807) is 0 Å². The summed E-state index contributed by atoms with van der Waals surface area (Å²) in [6.45, 7) is 4.72. The molecule has 0 saturated carbocycles. The molecule has 1 aliphatic heterocycles. The summed E-state index contributed by atoms with van der Waals surface area (Å²) in [5.41, 5.74) is 4.79. The second kappa shape index (κ2) is 6.05. The van der Waals surface area contributed by atoms with E-state index in [-0.39, 0.29) is 0 Å². The van der Waals surface area contributed by atoms with Gasteiger partial charge in [0.25, 0.3) is 0 Å². The summed E-state index contributed by atoms with van der Waals surface area (Å²) in [6, 6.07) is 13.1. The number of pyridine rings is 1. The van der Waals surface area contributed by atoms with Gasteiger partial charge in [0.15, 0.2) is 0 Å². The Morgan fingerprint density at radius 2 is 1.80 bits per heavy atom. The molecule has 126 valence electrons. The van der Waals surface area contributed by atoms with Crippen molar-refractivity contribution in [2.24, 2.45) is 0 Å². The summed E-state index contributed by atoms with van der Waals surface area (Å²) in [5.74, 6) is 0. The third-order valence-electron chi connectivity index (χ3n) is 5.42. The highest BCUT2D eigenvalue weighted by Gasteiger charge is 2.13. The highest BCUT2D eigenvalue weighted by atomic mass is 15.2. The molecule has 4 heterocycles. The first-order valence-corrected chi connectivity index (χ1v) is 9.13. The third kappa shape index (κ3) is 2.53. The molecule has 1 aliphatic rings. The lowest BCUT2D eigenvalue weighted by Crippen LogP contribution is -2.23. The van der Waals surface area contributed by atoms with Crippen LogP contribution >= 0.6 is 0 Å². The average Bonchev–Trinajstić information content (AvgIpc) is 3.38. The largest absolute Gasteiger partial charge is 0.346 e. The van der Waals surface area contributed by atoms with Crippen LogP contribution in [0, 0.1) is 0 Å². The number of aromatic nitrogens is 3. The van der Waals surface area contributed by atoms with Crippen molar-refractivity contribution in [1.82, 2.24) is 19.4 Å². The van der Waals surface area contributed by atoms with Crippen molar-refractivity contribution in [2.45, 2.75) is 19.4 Å². The smallest absolute Gasteiger partial charge is 0.137 e. The number of rotatable bonds is 4. The van der Waals surface area contributed by atoms with Crippen molar-refractivity contribution in [3.05, 3.63) is 55.0 Å². The van der Waals surface area contributed by atoms with E-state index >= 15 is 0 Å². The molecule has 0 bridgehead atoms. The van der Waals surface area contributed by atoms with Crippen LogP contribution in [-0.2, 0) is 6.54 Å². The fraction of sp³-hybridized carbons (Fsp3) is 0.286. The van der Waals surface area contributed by atoms with Crippen LogP contribution in [0.4, 0.5) is 0 Å². The molecule has 4 aromatic rings. The fourth-order valence-electron chi connectivity index (χ4n) is 4.10. The van der Waals surface area contributed by atoms with Crippen LogP contribution in [0.5, 0.6) is 0 Å². The normalized spacial score (nSPS) is 15.5. The lowest BCUT2D eigenvalue weighted by Gasteiger charge is -2.15. The van der Waals surface area contributed by atoms with Gasteiger partial charge in [0.1, 0.15) is 5.65 Å². The van der Waals surface area contributed by atoms with Crippen molar-refractivity contribution in [3.8, 4) is 11.1 Å². The van der Waals surface area contributed by atoms with E-state index in [4.69, 9.17) is 0 Å². The van der Waals surface area contributed by atoms with Gasteiger partial charge in [0.05, 0.1) is 0 Å². The zero-order chi connectivity index (χ0) is 16.6. The maximum absolute atomic E-state index is 4.42. The molecule has 0 unspecified atom stereocenters. The van der Waals surface area contributed by atoms with Crippen molar-refractivity contribution >= 4 is 21.9 Å². The molecule has 0 aliphatic carbocycles. The van der Waals surface area contributed by atoms with E-state index in [1.807, 2.05) is 12.4 Å². The highest BCUT2D eigenvalue weighted by Crippen LogP contribution is 2.33. The zero-order valence-corrected chi connectivity index (χ0v) is 14.3. The molecule has 0 atom stereocenters. The number of likely N-dealkylation sites (tertiary alicyclic amines) is 1. The van der Waals surface area contributed by atoms with E-state index < -0.39 is 0 Å². The van der Waals surface area contributed by atoms with Crippen LogP contribution in [0.1, 0.15) is 12.8 Å². The first-order chi connectivity index (χ1) is 12.4. The summed E-state index contributed by atoms with van der Waals surface area (Å²) >= 11 is 0. The van der Waals surface area contributed by atoms with Crippen LogP contribution in [0.15, 0.2) is 55.0 Å². The maximum Gasteiger partial charge on any atom is 0.137 e. The van der Waals surface area contributed by atoms with Crippen molar-refractivity contribution in [2.75, 3.05) is 19.6 Å². The predicted octanol–water partition coefficient (Wildman–Crippen LogP) is 4.28. The minimum absolute atomic E-state index is 0.947. The Morgan fingerprint density at radius 1 is 0.920 bits per heavy atom. The van der Waals surface area contributed by atoms with E-state index in [1.165, 1.54) is 53.3 Å². The van der Waals surface area contributed by atoms with Gasteiger partial charge in [-0.25, -0.2) is 4.98 Å². The molecule has 0 spiro atoms. The number of hydrogen-bond donors (Lipinski definition) is 1. The molecular weight excluding hydrogens is 308 g/mol. The number of H-pyrrole nitrogens is 1. The van der Waals surface area contributed by atoms with Gasteiger partial charge in [0, 0.05) is 48.0 Å². The van der Waals surface area contributed by atoms with E-state index in [0.717, 1.165) is 18.7 Å².